The van der Waals surface area contributed by atoms with Crippen molar-refractivity contribution in [2.24, 2.45) is 0 Å². The predicted molar refractivity (Wildman–Crippen MR) is 522 cm³/mol. The minimum atomic E-state index is -4.39. The number of aryl methyl sites for hydroxylation is 2. The van der Waals surface area contributed by atoms with Crippen LogP contribution in [0.5, 0.6) is 28.7 Å². The highest BCUT2D eigenvalue weighted by Crippen LogP contribution is 2.39. The Morgan fingerprint density at radius 1 is 0.309 bits per heavy atom. The fraction of sp³-hybridized carbons (Fsp3) is 0.200. The molecule has 0 atom stereocenters. The molecule has 0 saturated heterocycles. The van der Waals surface area contributed by atoms with Crippen LogP contribution < -0.4 is 23.7 Å². The maximum Gasteiger partial charge on any atom is 0.416 e. The number of pyridine rings is 1. The van der Waals surface area contributed by atoms with E-state index in [4.69, 9.17) is 35.3 Å². The number of aromatic nitrogens is 10. The quantitative estimate of drug-likeness (QED) is 0.0922. The Kier molecular flexibility index (Phi) is 29.3. The number of imidazole rings is 1. The third-order valence-corrected chi connectivity index (χ3v) is 24.0. The lowest BCUT2D eigenvalue weighted by Gasteiger charge is -2.20. The standard InChI is InChI=1S/C24H18F3N3O2.C24H25N3O2.2C21H19N3O2.C20H16ClN3O2/c25-24(26,27)18-7-4-16(5-8-18)17-6-9-21-20(13-17)23(31)30(11-12-32-21)15-19-14-29-10-2-1-3-22(29)28-19;1-24(2,3)19-8-5-17(6-9-19)18-7-10-21-20(15-18)23(28)27(13-14-29-21)16-22-25-11-4-12-26-22;2*1-15-3-5-16(6-4-15)17-7-8-19-18(13-17)21(25)24(11-12-26-19)14-20-22-9-2-10-23-20;21-16-5-2-14(3-6-16)15-4-7-18-17(12-15)20(25)24(10-11-26-18)13-19-22-8-1-9-23-19/h1-10,13-14H,11-12,15H2;4-12,15H,13-14,16H2,1-3H3;2*2-10,13H,11-12,14H2,1H3;1-9,12H,10-11,13H2. The van der Waals surface area contributed by atoms with Gasteiger partial charge in [0.1, 0.15) is 90.7 Å². The highest BCUT2D eigenvalue weighted by Gasteiger charge is 2.34. The van der Waals surface area contributed by atoms with Crippen LogP contribution in [-0.4, -0.2) is 169 Å². The first-order valence-corrected chi connectivity index (χ1v) is 45.7. The number of alkyl halides is 3. The zero-order chi connectivity index (χ0) is 96.5. The number of fused-ring (bicyclic) bond motifs is 6. The maximum atomic E-state index is 13.3. The molecule has 6 aromatic heterocycles. The monoisotopic (exact) mass is 1880 g/mol. The smallest absolute Gasteiger partial charge is 0.416 e. The van der Waals surface area contributed by atoms with Crippen molar-refractivity contribution in [1.82, 2.24) is 73.8 Å². The molecule has 139 heavy (non-hydrogen) atoms. The van der Waals surface area contributed by atoms with Crippen molar-refractivity contribution in [3.63, 3.8) is 0 Å². The summed E-state index contributed by atoms with van der Waals surface area (Å²) in [5, 5.41) is 0.678. The lowest BCUT2D eigenvalue weighted by Crippen LogP contribution is -2.32. The number of nitrogens with zero attached hydrogens (tertiary/aromatic N) is 15. The molecule has 0 aliphatic carbocycles. The van der Waals surface area contributed by atoms with E-state index in [0.29, 0.717) is 194 Å². The predicted octanol–water partition coefficient (Wildman–Crippen LogP) is 20.3. The van der Waals surface area contributed by atoms with Crippen LogP contribution in [0.4, 0.5) is 13.2 Å². The zero-order valence-corrected chi connectivity index (χ0v) is 77.7. The van der Waals surface area contributed by atoms with E-state index in [-0.39, 0.29) is 35.0 Å². The second kappa shape index (κ2) is 43.1. The Hall–Kier alpha value is -16.4. The first-order chi connectivity index (χ1) is 67.4. The van der Waals surface area contributed by atoms with Gasteiger partial charge in [-0.15, -0.1) is 0 Å². The van der Waals surface area contributed by atoms with Crippen molar-refractivity contribution >= 4 is 46.8 Å². The van der Waals surface area contributed by atoms with E-state index >= 15 is 0 Å². The molecule has 0 saturated carbocycles. The molecule has 21 rings (SSSR count). The van der Waals surface area contributed by atoms with E-state index in [0.717, 1.165) is 68.0 Å². The molecule has 0 unspecified atom stereocenters. The number of amides is 5. The van der Waals surface area contributed by atoms with Gasteiger partial charge in [-0.2, -0.15) is 13.2 Å². The molecule has 25 nitrogen and oxygen atoms in total. The molecule has 11 heterocycles. The van der Waals surface area contributed by atoms with Gasteiger partial charge in [0.05, 0.1) is 105 Å². The third-order valence-electron chi connectivity index (χ3n) is 23.7. The number of hydrogen-bond acceptors (Lipinski definition) is 19. The van der Waals surface area contributed by atoms with Crippen LogP contribution in [0, 0.1) is 13.8 Å². The van der Waals surface area contributed by atoms with E-state index < -0.39 is 11.7 Å². The fourth-order valence-electron chi connectivity index (χ4n) is 16.2. The lowest BCUT2D eigenvalue weighted by atomic mass is 9.86. The van der Waals surface area contributed by atoms with Crippen LogP contribution in [0.25, 0.3) is 61.3 Å². The van der Waals surface area contributed by atoms with E-state index in [2.05, 4.69) is 152 Å². The Balaban J connectivity index is 0.000000120. The summed E-state index contributed by atoms with van der Waals surface area (Å²) >= 11 is 5.96. The first-order valence-electron chi connectivity index (χ1n) is 45.4. The molecule has 29 heteroatoms. The van der Waals surface area contributed by atoms with Crippen LogP contribution in [0.3, 0.4) is 0 Å². The summed E-state index contributed by atoms with van der Waals surface area (Å²) in [7, 11) is 0. The second-order valence-electron chi connectivity index (χ2n) is 34.4. The van der Waals surface area contributed by atoms with Crippen LogP contribution >= 0.6 is 11.6 Å². The molecule has 0 bridgehead atoms. The van der Waals surface area contributed by atoms with E-state index in [1.54, 1.807) is 117 Å². The van der Waals surface area contributed by atoms with E-state index in [1.165, 1.54) is 28.8 Å². The maximum absolute atomic E-state index is 13.3. The van der Waals surface area contributed by atoms with Gasteiger partial charge in [0.2, 0.25) is 0 Å². The average molecular weight is 1880 g/mol. The second-order valence-corrected chi connectivity index (χ2v) is 34.9. The van der Waals surface area contributed by atoms with Crippen molar-refractivity contribution in [1.29, 1.82) is 0 Å². The molecule has 5 aliphatic heterocycles. The van der Waals surface area contributed by atoms with Crippen molar-refractivity contribution in [3.05, 3.63) is 401 Å². The number of ether oxygens (including phenoxy) is 5. The van der Waals surface area contributed by atoms with Gasteiger partial charge in [-0.1, -0.05) is 177 Å². The summed E-state index contributed by atoms with van der Waals surface area (Å²) < 4.78 is 69.4. The van der Waals surface area contributed by atoms with E-state index in [1.807, 2.05) is 132 Å². The van der Waals surface area contributed by atoms with Crippen LogP contribution in [0.15, 0.2) is 317 Å². The van der Waals surface area contributed by atoms with Crippen molar-refractivity contribution < 1.29 is 60.8 Å². The Morgan fingerprint density at radius 2 is 0.568 bits per heavy atom. The van der Waals surface area contributed by atoms with Gasteiger partial charge in [-0.05, 0) is 202 Å². The summed E-state index contributed by atoms with van der Waals surface area (Å²) in [4.78, 5) is 113. The molecule has 700 valence electrons. The highest BCUT2D eigenvalue weighted by atomic mass is 35.5. The van der Waals surface area contributed by atoms with Crippen molar-refractivity contribution in [2.75, 3.05) is 65.8 Å². The van der Waals surface area contributed by atoms with Gasteiger partial charge in [-0.25, -0.2) is 44.9 Å². The molecule has 5 aliphatic rings. The number of halogens is 4. The summed E-state index contributed by atoms with van der Waals surface area (Å²) in [6.45, 7) is 17.0. The fourth-order valence-corrected chi connectivity index (χ4v) is 16.3. The Labute approximate surface area is 806 Å². The van der Waals surface area contributed by atoms with Gasteiger partial charge < -0.3 is 52.6 Å². The minimum Gasteiger partial charge on any atom is -0.491 e. The Morgan fingerprint density at radius 3 is 0.842 bits per heavy atom. The number of hydrogen-bond donors (Lipinski definition) is 0. The number of carbonyl (C=O) groups is 5. The lowest BCUT2D eigenvalue weighted by molar-refractivity contribution is -0.137. The SMILES string of the molecule is CC(C)(C)c1ccc(-c2ccc3c(c2)C(=O)N(Cc2ncccn2)CCO3)cc1.Cc1ccc(-c2ccc3c(c2)C(=O)N(Cc2ncccn2)CCO3)cc1.Cc1ccc(-c2ccc3c(c2)C(=O)N(Cc2ncccn2)CCO3)cc1.O=C1c2cc(-c3ccc(C(F)(F)F)cc3)ccc2OCCN1Cc1cn2ccccc2n1.O=C1c2cc(-c3ccc(Cl)cc3)ccc2OCCN1Cc1ncccn1. The molecular formula is C110H97ClF3N15O10. The van der Waals surface area contributed by atoms with Gasteiger partial charge in [-0.3, -0.25) is 24.0 Å². The van der Waals surface area contributed by atoms with Gasteiger partial charge in [0.25, 0.3) is 29.5 Å². The molecule has 0 N–H and O–H groups in total. The topological polar surface area (TPSA) is 268 Å². The first kappa shape index (κ1) is 94.4. The van der Waals surface area contributed by atoms with E-state index in [9.17, 15) is 37.1 Å². The minimum absolute atomic E-state index is 0.0566. The summed E-state index contributed by atoms with van der Waals surface area (Å²) in [6.07, 6.45) is 12.8. The molecule has 0 fully saturated rings. The third kappa shape index (κ3) is 23.6. The van der Waals surface area contributed by atoms with Crippen molar-refractivity contribution in [2.45, 2.75) is 78.9 Å². The summed E-state index contributed by atoms with van der Waals surface area (Å²) in [5.41, 5.74) is 16.7. The number of benzene rings is 10. The number of rotatable bonds is 15. The molecular weight excluding hydrogens is 1780 g/mol. The van der Waals surface area contributed by atoms with Crippen molar-refractivity contribution in [3.8, 4) is 84.4 Å². The van der Waals surface area contributed by atoms with Gasteiger partial charge >= 0.3 is 6.18 Å². The van der Waals surface area contributed by atoms with Gasteiger partial charge in [0.15, 0.2) is 0 Å². The van der Waals surface area contributed by atoms with Crippen LogP contribution in [0.1, 0.15) is 124 Å². The molecule has 16 aromatic rings. The molecule has 5 amide bonds. The largest absolute Gasteiger partial charge is 0.491 e. The zero-order valence-electron chi connectivity index (χ0n) is 76.9. The van der Waals surface area contributed by atoms with Crippen LogP contribution in [-0.2, 0) is 44.3 Å². The molecule has 10 aromatic carbocycles. The highest BCUT2D eigenvalue weighted by molar-refractivity contribution is 6.30. The number of carbonyl (C=O) groups excluding carboxylic acids is 5. The normalized spacial score (nSPS) is 13.9. The molecule has 0 spiro atoms. The Bertz CT molecular complexity index is 6630. The van der Waals surface area contributed by atoms with Gasteiger partial charge in [0, 0.05) is 67.0 Å². The average Bonchev–Trinajstić information content (AvgIpc) is 1.77. The molecule has 0 radical (unpaired) electrons. The summed E-state index contributed by atoms with van der Waals surface area (Å²) in [6, 6.07) is 78.4. The van der Waals surface area contributed by atoms with Crippen LogP contribution in [0.2, 0.25) is 5.02 Å². The summed E-state index contributed by atoms with van der Waals surface area (Å²) in [5.74, 6) is 4.97.